The molecule has 6 heteroatoms. The number of carbonyl (C=O) groups excluding carboxylic acids is 2. The summed E-state index contributed by atoms with van der Waals surface area (Å²) in [5.74, 6) is 0.409. The van der Waals surface area contributed by atoms with Crippen LogP contribution in [0.15, 0.2) is 60.3 Å². The third-order valence-electron chi connectivity index (χ3n) is 6.08. The number of hydrogen-bond donors (Lipinski definition) is 1. The number of aliphatic hydroxyl groups is 1. The zero-order chi connectivity index (χ0) is 21.8. The van der Waals surface area contributed by atoms with Crippen LogP contribution in [0.3, 0.4) is 0 Å². The lowest BCUT2D eigenvalue weighted by Gasteiger charge is -2.34. The number of ether oxygens (including phenoxy) is 1. The van der Waals surface area contributed by atoms with Crippen LogP contribution in [0.1, 0.15) is 24.0 Å². The van der Waals surface area contributed by atoms with Crippen molar-refractivity contribution in [3.8, 4) is 5.75 Å². The molecule has 31 heavy (non-hydrogen) atoms. The van der Waals surface area contributed by atoms with Crippen LogP contribution < -0.4 is 4.74 Å². The van der Waals surface area contributed by atoms with Gasteiger partial charge in [-0.1, -0.05) is 42.5 Å². The van der Waals surface area contributed by atoms with Crippen molar-refractivity contribution in [2.24, 2.45) is 5.92 Å². The number of methoxy groups -OCH3 is 1. The molecule has 1 N–H and O–H groups in total. The van der Waals surface area contributed by atoms with Crippen molar-refractivity contribution in [2.45, 2.75) is 19.3 Å². The van der Waals surface area contributed by atoms with E-state index in [9.17, 15) is 14.7 Å². The summed E-state index contributed by atoms with van der Waals surface area (Å²) in [7, 11) is 1.62. The van der Waals surface area contributed by atoms with Gasteiger partial charge in [-0.05, 0) is 48.4 Å². The van der Waals surface area contributed by atoms with Crippen LogP contribution >= 0.6 is 0 Å². The van der Waals surface area contributed by atoms with Crippen LogP contribution in [0.2, 0.25) is 0 Å². The normalized spacial score (nSPS) is 19.4. The van der Waals surface area contributed by atoms with Crippen molar-refractivity contribution in [1.82, 2.24) is 9.80 Å². The number of nitrogens with zero attached hydrogens (tertiary/aromatic N) is 2. The predicted octanol–water partition coefficient (Wildman–Crippen LogP) is 2.72. The van der Waals surface area contributed by atoms with E-state index in [2.05, 4.69) is 0 Å². The molecular formula is C25H28N2O4. The molecule has 0 aromatic heterocycles. The molecule has 4 rings (SSSR count). The SMILES string of the molecule is COc1ccc(CCN2C(=O)C(c3ccccc3)=C(N3CCCC(CO)C3)C2=O)cc1. The number of aliphatic hydroxyl groups excluding tert-OH is 1. The first-order chi connectivity index (χ1) is 15.1. The molecule has 2 aromatic carbocycles. The first kappa shape index (κ1) is 21.1. The van der Waals surface area contributed by atoms with Crippen LogP contribution in [-0.2, 0) is 16.0 Å². The van der Waals surface area contributed by atoms with E-state index in [1.54, 1.807) is 7.11 Å². The van der Waals surface area contributed by atoms with Gasteiger partial charge < -0.3 is 14.7 Å². The van der Waals surface area contributed by atoms with E-state index in [4.69, 9.17) is 4.74 Å². The molecule has 0 spiro atoms. The van der Waals surface area contributed by atoms with E-state index >= 15 is 0 Å². The maximum atomic E-state index is 13.4. The second-order valence-corrected chi connectivity index (χ2v) is 8.09. The molecule has 2 aromatic rings. The molecule has 1 unspecified atom stereocenters. The third kappa shape index (κ3) is 4.35. The number of piperidine rings is 1. The smallest absolute Gasteiger partial charge is 0.277 e. The fourth-order valence-corrected chi connectivity index (χ4v) is 4.38. The van der Waals surface area contributed by atoms with E-state index in [-0.39, 0.29) is 24.3 Å². The van der Waals surface area contributed by atoms with E-state index in [1.807, 2.05) is 59.5 Å². The number of carbonyl (C=O) groups is 2. The molecule has 1 atom stereocenters. The Morgan fingerprint density at radius 3 is 2.45 bits per heavy atom. The lowest BCUT2D eigenvalue weighted by Crippen LogP contribution is -2.41. The first-order valence-electron chi connectivity index (χ1n) is 10.8. The van der Waals surface area contributed by atoms with E-state index in [0.29, 0.717) is 37.3 Å². The maximum absolute atomic E-state index is 13.4. The second kappa shape index (κ2) is 9.35. The Hall–Kier alpha value is -3.12. The largest absolute Gasteiger partial charge is 0.497 e. The number of likely N-dealkylation sites (tertiary alicyclic amines) is 1. The van der Waals surface area contributed by atoms with Crippen molar-refractivity contribution in [3.63, 3.8) is 0 Å². The minimum absolute atomic E-state index is 0.0910. The summed E-state index contributed by atoms with van der Waals surface area (Å²) in [4.78, 5) is 30.2. The molecule has 0 saturated carbocycles. The predicted molar refractivity (Wildman–Crippen MR) is 118 cm³/mol. The number of imide groups is 1. The maximum Gasteiger partial charge on any atom is 0.277 e. The molecule has 2 heterocycles. The second-order valence-electron chi connectivity index (χ2n) is 8.09. The van der Waals surface area contributed by atoms with Crippen molar-refractivity contribution >= 4 is 17.4 Å². The van der Waals surface area contributed by atoms with Crippen LogP contribution in [-0.4, -0.2) is 60.1 Å². The Balaban J connectivity index is 1.60. The van der Waals surface area contributed by atoms with E-state index in [0.717, 1.165) is 29.7 Å². The summed E-state index contributed by atoms with van der Waals surface area (Å²) >= 11 is 0. The standard InChI is InChI=1S/C25H28N2O4/c1-31-21-11-9-18(10-12-21)13-15-27-24(29)22(20-7-3-2-4-8-20)23(25(27)30)26-14-5-6-19(16-26)17-28/h2-4,7-12,19,28H,5-6,13-17H2,1H3. The molecule has 162 valence electrons. The monoisotopic (exact) mass is 420 g/mol. The lowest BCUT2D eigenvalue weighted by atomic mass is 9.97. The van der Waals surface area contributed by atoms with Gasteiger partial charge in [0.2, 0.25) is 0 Å². The fourth-order valence-electron chi connectivity index (χ4n) is 4.38. The average molecular weight is 421 g/mol. The Kier molecular flexibility index (Phi) is 6.37. The van der Waals surface area contributed by atoms with Crippen LogP contribution in [0, 0.1) is 5.92 Å². The van der Waals surface area contributed by atoms with Gasteiger partial charge in [-0.3, -0.25) is 14.5 Å². The number of amides is 2. The van der Waals surface area contributed by atoms with Crippen molar-refractivity contribution in [1.29, 1.82) is 0 Å². The minimum atomic E-state index is -0.245. The summed E-state index contributed by atoms with van der Waals surface area (Å²) in [6, 6.07) is 17.1. The molecule has 0 radical (unpaired) electrons. The number of benzene rings is 2. The summed E-state index contributed by atoms with van der Waals surface area (Å²) in [5, 5.41) is 9.64. The molecule has 0 aliphatic carbocycles. The molecule has 2 aliphatic rings. The molecular weight excluding hydrogens is 392 g/mol. The van der Waals surface area contributed by atoms with Crippen molar-refractivity contribution < 1.29 is 19.4 Å². The van der Waals surface area contributed by atoms with Crippen LogP contribution in [0.25, 0.3) is 5.57 Å². The van der Waals surface area contributed by atoms with Crippen LogP contribution in [0.5, 0.6) is 5.75 Å². The minimum Gasteiger partial charge on any atom is -0.497 e. The van der Waals surface area contributed by atoms with Gasteiger partial charge >= 0.3 is 0 Å². The molecule has 0 bridgehead atoms. The summed E-state index contributed by atoms with van der Waals surface area (Å²) in [6.07, 6.45) is 2.41. The van der Waals surface area contributed by atoms with Gasteiger partial charge in [-0.15, -0.1) is 0 Å². The summed E-state index contributed by atoms with van der Waals surface area (Å²) < 4.78 is 5.19. The topological polar surface area (TPSA) is 70.1 Å². The van der Waals surface area contributed by atoms with Gasteiger partial charge in [-0.25, -0.2) is 0 Å². The van der Waals surface area contributed by atoms with E-state index in [1.165, 1.54) is 4.90 Å². The molecule has 2 amide bonds. The molecule has 6 nitrogen and oxygen atoms in total. The van der Waals surface area contributed by atoms with Crippen LogP contribution in [0.4, 0.5) is 0 Å². The lowest BCUT2D eigenvalue weighted by molar-refractivity contribution is -0.137. The third-order valence-corrected chi connectivity index (χ3v) is 6.08. The quantitative estimate of drug-likeness (QED) is 0.698. The average Bonchev–Trinajstić information content (AvgIpc) is 3.08. The Morgan fingerprint density at radius 1 is 1.03 bits per heavy atom. The zero-order valence-electron chi connectivity index (χ0n) is 17.8. The van der Waals surface area contributed by atoms with Gasteiger partial charge in [0, 0.05) is 26.2 Å². The highest BCUT2D eigenvalue weighted by molar-refractivity contribution is 6.35. The first-order valence-corrected chi connectivity index (χ1v) is 10.8. The van der Waals surface area contributed by atoms with Gasteiger partial charge in [0.15, 0.2) is 0 Å². The highest BCUT2D eigenvalue weighted by Gasteiger charge is 2.42. The Bertz CT molecular complexity index is 969. The number of hydrogen-bond acceptors (Lipinski definition) is 5. The Morgan fingerprint density at radius 2 is 1.77 bits per heavy atom. The molecule has 1 fully saturated rings. The van der Waals surface area contributed by atoms with Crippen molar-refractivity contribution in [2.75, 3.05) is 33.4 Å². The van der Waals surface area contributed by atoms with Gasteiger partial charge in [0.1, 0.15) is 11.4 Å². The molecule has 1 saturated heterocycles. The summed E-state index contributed by atoms with van der Waals surface area (Å²) in [5.41, 5.74) is 2.74. The van der Waals surface area contributed by atoms with E-state index < -0.39 is 0 Å². The highest BCUT2D eigenvalue weighted by Crippen LogP contribution is 2.34. The highest BCUT2D eigenvalue weighted by atomic mass is 16.5. The fraction of sp³-hybridized carbons (Fsp3) is 0.360. The van der Waals surface area contributed by atoms with Gasteiger partial charge in [-0.2, -0.15) is 0 Å². The zero-order valence-corrected chi connectivity index (χ0v) is 17.8. The van der Waals surface area contributed by atoms with Gasteiger partial charge in [0.25, 0.3) is 11.8 Å². The van der Waals surface area contributed by atoms with Gasteiger partial charge in [0.05, 0.1) is 12.7 Å². The summed E-state index contributed by atoms with van der Waals surface area (Å²) in [6.45, 7) is 1.72. The Labute approximate surface area is 182 Å². The molecule has 2 aliphatic heterocycles. The van der Waals surface area contributed by atoms with Crippen molar-refractivity contribution in [3.05, 3.63) is 71.4 Å². The number of rotatable bonds is 7.